The van der Waals surface area contributed by atoms with E-state index < -0.39 is 22.1 Å². The second kappa shape index (κ2) is 9.77. The van der Waals surface area contributed by atoms with E-state index in [9.17, 15) is 8.42 Å². The number of hydrogen-bond donors (Lipinski definition) is 2. The van der Waals surface area contributed by atoms with E-state index in [4.69, 9.17) is 5.73 Å². The van der Waals surface area contributed by atoms with Crippen molar-refractivity contribution in [2.45, 2.75) is 56.5 Å². The Bertz CT molecular complexity index is 1070. The zero-order valence-electron chi connectivity index (χ0n) is 18.6. The van der Waals surface area contributed by atoms with Gasteiger partial charge in [0.2, 0.25) is 10.0 Å². The zero-order chi connectivity index (χ0) is 22.6. The molecule has 0 aromatic heterocycles. The van der Waals surface area contributed by atoms with Gasteiger partial charge in [0.15, 0.2) is 0 Å². The summed E-state index contributed by atoms with van der Waals surface area (Å²) in [5.41, 5.74) is 10.3. The van der Waals surface area contributed by atoms with Crippen molar-refractivity contribution in [1.82, 2.24) is 4.72 Å². The highest BCUT2D eigenvalue weighted by molar-refractivity contribution is 7.89. The van der Waals surface area contributed by atoms with Crippen LogP contribution in [0, 0.1) is 0 Å². The molecule has 3 N–H and O–H groups in total. The minimum atomic E-state index is -3.80. The predicted octanol–water partition coefficient (Wildman–Crippen LogP) is 5.65. The minimum absolute atomic E-state index is 0.226. The first-order valence-corrected chi connectivity index (χ1v) is 12.2. The van der Waals surface area contributed by atoms with Crippen molar-refractivity contribution < 1.29 is 8.42 Å². The molecular weight excluding hydrogens is 404 g/mol. The van der Waals surface area contributed by atoms with Crippen molar-refractivity contribution in [2.24, 2.45) is 5.73 Å². The molecule has 31 heavy (non-hydrogen) atoms. The summed E-state index contributed by atoms with van der Waals surface area (Å²) in [5.74, 6) is 0.452. The van der Waals surface area contributed by atoms with Crippen molar-refractivity contribution in [3.05, 3.63) is 101 Å². The number of sulfonamides is 1. The zero-order valence-corrected chi connectivity index (χ0v) is 19.4. The largest absolute Gasteiger partial charge is 0.322 e. The van der Waals surface area contributed by atoms with Gasteiger partial charge in [0.1, 0.15) is 0 Å². The molecule has 0 aliphatic heterocycles. The highest BCUT2D eigenvalue weighted by Gasteiger charge is 2.28. The van der Waals surface area contributed by atoms with Crippen molar-refractivity contribution in [3.63, 3.8) is 0 Å². The summed E-state index contributed by atoms with van der Waals surface area (Å²) in [4.78, 5) is 0.281. The van der Waals surface area contributed by atoms with Crippen LogP contribution in [0.4, 0.5) is 0 Å². The summed E-state index contributed by atoms with van der Waals surface area (Å²) in [6.45, 7) is 8.28. The quantitative estimate of drug-likeness (QED) is 0.479. The lowest BCUT2D eigenvalue weighted by atomic mass is 9.95. The van der Waals surface area contributed by atoms with E-state index in [1.165, 1.54) is 0 Å². The Kier molecular flexibility index (Phi) is 7.31. The van der Waals surface area contributed by atoms with Gasteiger partial charge in [0, 0.05) is 0 Å². The van der Waals surface area contributed by atoms with Gasteiger partial charge >= 0.3 is 0 Å². The van der Waals surface area contributed by atoms with Gasteiger partial charge in [-0.25, -0.2) is 13.1 Å². The Morgan fingerprint density at radius 1 is 0.677 bits per heavy atom. The Morgan fingerprint density at radius 2 is 1.13 bits per heavy atom. The molecule has 0 fully saturated rings. The first kappa shape index (κ1) is 23.2. The average molecular weight is 437 g/mol. The summed E-state index contributed by atoms with van der Waals surface area (Å²) in [7, 11) is -3.80. The maximum Gasteiger partial charge on any atom is 0.241 e. The van der Waals surface area contributed by atoms with Gasteiger partial charge in [-0.1, -0.05) is 94.4 Å². The summed E-state index contributed by atoms with van der Waals surface area (Å²) in [6, 6.07) is 23.6. The van der Waals surface area contributed by atoms with Crippen LogP contribution in [0.5, 0.6) is 0 Å². The minimum Gasteiger partial charge on any atom is -0.322 e. The monoisotopic (exact) mass is 436 g/mol. The third kappa shape index (κ3) is 5.62. The smallest absolute Gasteiger partial charge is 0.241 e. The standard InChI is InChI=1S/C26H32N2O2S/c1-18(2)22-15-23(19(3)4)17-24(16-22)31(29,30)28-26(21-13-9-6-10-14-21)25(27)20-11-7-5-8-12-20/h5-19,25-26,28H,27H2,1-4H3. The van der Waals surface area contributed by atoms with Crippen LogP contribution in [-0.2, 0) is 10.0 Å². The fourth-order valence-corrected chi connectivity index (χ4v) is 4.92. The second-order valence-corrected chi connectivity index (χ2v) is 10.3. The number of rotatable bonds is 8. The van der Waals surface area contributed by atoms with E-state index in [1.807, 2.05) is 60.7 Å². The molecule has 0 saturated carbocycles. The molecule has 0 bridgehead atoms. The summed E-state index contributed by atoms with van der Waals surface area (Å²) in [6.07, 6.45) is 0. The molecule has 4 nitrogen and oxygen atoms in total. The van der Waals surface area contributed by atoms with Crippen molar-refractivity contribution >= 4 is 10.0 Å². The van der Waals surface area contributed by atoms with Crippen LogP contribution in [0.25, 0.3) is 0 Å². The van der Waals surface area contributed by atoms with Crippen LogP contribution in [0.3, 0.4) is 0 Å². The highest BCUT2D eigenvalue weighted by Crippen LogP contribution is 2.30. The molecule has 0 spiro atoms. The van der Waals surface area contributed by atoms with Crippen molar-refractivity contribution in [3.8, 4) is 0 Å². The molecule has 5 heteroatoms. The van der Waals surface area contributed by atoms with E-state index in [0.29, 0.717) is 0 Å². The first-order chi connectivity index (χ1) is 14.7. The average Bonchev–Trinajstić information content (AvgIpc) is 2.77. The Labute approximate surface area is 186 Å². The lowest BCUT2D eigenvalue weighted by molar-refractivity contribution is 0.504. The van der Waals surface area contributed by atoms with Crippen LogP contribution in [0.15, 0.2) is 83.8 Å². The number of hydrogen-bond acceptors (Lipinski definition) is 3. The molecule has 0 aliphatic rings. The third-order valence-corrected chi connectivity index (χ3v) is 7.00. The Balaban J connectivity index is 2.05. The molecule has 2 unspecified atom stereocenters. The number of benzene rings is 3. The molecule has 164 valence electrons. The van der Waals surface area contributed by atoms with Crippen LogP contribution in [0.2, 0.25) is 0 Å². The van der Waals surface area contributed by atoms with Gasteiger partial charge in [-0.2, -0.15) is 0 Å². The van der Waals surface area contributed by atoms with Gasteiger partial charge in [-0.3, -0.25) is 0 Å². The fraction of sp³-hybridized carbons (Fsp3) is 0.308. The summed E-state index contributed by atoms with van der Waals surface area (Å²) < 4.78 is 30.0. The molecule has 0 radical (unpaired) electrons. The SMILES string of the molecule is CC(C)c1cc(C(C)C)cc(S(=O)(=O)NC(c2ccccc2)C(N)c2ccccc2)c1. The maximum atomic E-state index is 13.5. The molecule has 0 heterocycles. The maximum absolute atomic E-state index is 13.5. The molecule has 3 aromatic carbocycles. The summed E-state index contributed by atoms with van der Waals surface area (Å²) in [5, 5.41) is 0. The van der Waals surface area contributed by atoms with E-state index in [2.05, 4.69) is 38.5 Å². The van der Waals surface area contributed by atoms with Crippen LogP contribution < -0.4 is 10.5 Å². The summed E-state index contributed by atoms with van der Waals surface area (Å²) >= 11 is 0. The van der Waals surface area contributed by atoms with E-state index in [1.54, 1.807) is 12.1 Å². The van der Waals surface area contributed by atoms with Crippen LogP contribution in [-0.4, -0.2) is 8.42 Å². The lowest BCUT2D eigenvalue weighted by Crippen LogP contribution is -2.36. The highest BCUT2D eigenvalue weighted by atomic mass is 32.2. The molecular formula is C26H32N2O2S. The Hall–Kier alpha value is -2.47. The van der Waals surface area contributed by atoms with E-state index >= 15 is 0 Å². The van der Waals surface area contributed by atoms with Crippen LogP contribution in [0.1, 0.15) is 73.9 Å². The predicted molar refractivity (Wildman–Crippen MR) is 127 cm³/mol. The van der Waals surface area contributed by atoms with E-state index in [-0.39, 0.29) is 16.7 Å². The van der Waals surface area contributed by atoms with Crippen LogP contribution >= 0.6 is 0 Å². The number of nitrogens with one attached hydrogen (secondary N) is 1. The third-order valence-electron chi connectivity index (χ3n) is 5.58. The van der Waals surface area contributed by atoms with Gasteiger partial charge in [0.05, 0.1) is 17.0 Å². The van der Waals surface area contributed by atoms with Crippen molar-refractivity contribution in [2.75, 3.05) is 0 Å². The molecule has 0 amide bonds. The molecule has 3 aromatic rings. The normalized spacial score (nSPS) is 14.0. The molecule has 0 saturated heterocycles. The second-order valence-electron chi connectivity index (χ2n) is 8.59. The van der Waals surface area contributed by atoms with Gasteiger partial charge < -0.3 is 5.73 Å². The van der Waals surface area contributed by atoms with Gasteiger partial charge in [0.25, 0.3) is 0 Å². The molecule has 0 aliphatic carbocycles. The first-order valence-electron chi connectivity index (χ1n) is 10.7. The molecule has 3 rings (SSSR count). The Morgan fingerprint density at radius 3 is 1.58 bits per heavy atom. The lowest BCUT2D eigenvalue weighted by Gasteiger charge is -2.26. The van der Waals surface area contributed by atoms with E-state index in [0.717, 1.165) is 22.3 Å². The fourth-order valence-electron chi connectivity index (χ4n) is 3.58. The van der Waals surface area contributed by atoms with Gasteiger partial charge in [-0.05, 0) is 46.2 Å². The molecule has 2 atom stereocenters. The topological polar surface area (TPSA) is 72.2 Å². The van der Waals surface area contributed by atoms with Gasteiger partial charge in [-0.15, -0.1) is 0 Å². The number of nitrogens with two attached hydrogens (primary N) is 1. The van der Waals surface area contributed by atoms with Crippen molar-refractivity contribution in [1.29, 1.82) is 0 Å².